The molecule has 2 heteroatoms. The van der Waals surface area contributed by atoms with E-state index in [1.54, 1.807) is 6.92 Å². The highest BCUT2D eigenvalue weighted by atomic mass is 16.3. The fraction of sp³-hybridized carbons (Fsp3) is 0.500. The molecule has 1 aromatic carbocycles. The molecule has 0 saturated heterocycles. The molecular formula is C22H28O2. The second-order valence-corrected chi connectivity index (χ2v) is 7.78. The van der Waals surface area contributed by atoms with Crippen LogP contribution in [-0.4, -0.2) is 16.5 Å². The third-order valence-corrected chi connectivity index (χ3v) is 6.35. The van der Waals surface area contributed by atoms with E-state index in [0.717, 1.165) is 24.0 Å². The first kappa shape index (κ1) is 17.2. The van der Waals surface area contributed by atoms with Crippen molar-refractivity contribution in [3.63, 3.8) is 0 Å². The van der Waals surface area contributed by atoms with Crippen molar-refractivity contribution in [1.82, 2.24) is 0 Å². The number of hydrogen-bond donors (Lipinski definition) is 1. The highest BCUT2D eigenvalue weighted by Gasteiger charge is 2.66. The summed E-state index contributed by atoms with van der Waals surface area (Å²) in [4.78, 5) is 12.6. The lowest BCUT2D eigenvalue weighted by Crippen LogP contribution is -2.48. The minimum absolute atomic E-state index is 0.118. The average Bonchev–Trinajstić information content (AvgIpc) is 3.00. The molecule has 1 aromatic rings. The molecule has 0 aromatic heterocycles. The molecule has 0 spiro atoms. The number of rotatable bonds is 3. The lowest BCUT2D eigenvalue weighted by molar-refractivity contribution is -0.136. The van der Waals surface area contributed by atoms with Gasteiger partial charge in [0.15, 0.2) is 0 Å². The fourth-order valence-electron chi connectivity index (χ4n) is 5.26. The minimum atomic E-state index is -1.03. The number of hydrogen-bond acceptors (Lipinski definition) is 2. The van der Waals surface area contributed by atoms with Crippen LogP contribution in [0.3, 0.4) is 0 Å². The minimum Gasteiger partial charge on any atom is -0.385 e. The van der Waals surface area contributed by atoms with Crippen molar-refractivity contribution < 1.29 is 9.90 Å². The molecular weight excluding hydrogens is 296 g/mol. The summed E-state index contributed by atoms with van der Waals surface area (Å²) in [6, 6.07) is 10.5. The van der Waals surface area contributed by atoms with E-state index in [2.05, 4.69) is 45.0 Å². The normalized spacial score (nSPS) is 33.8. The summed E-state index contributed by atoms with van der Waals surface area (Å²) >= 11 is 0. The van der Waals surface area contributed by atoms with E-state index in [1.165, 1.54) is 16.7 Å². The molecule has 0 unspecified atom stereocenters. The van der Waals surface area contributed by atoms with Crippen molar-refractivity contribution in [3.05, 3.63) is 52.6 Å². The maximum absolute atomic E-state index is 12.6. The molecule has 128 valence electrons. The van der Waals surface area contributed by atoms with Crippen LogP contribution in [0.15, 0.2) is 47.1 Å². The van der Waals surface area contributed by atoms with Gasteiger partial charge in [0.2, 0.25) is 0 Å². The average molecular weight is 324 g/mol. The summed E-state index contributed by atoms with van der Waals surface area (Å²) < 4.78 is 0. The maximum atomic E-state index is 12.6. The largest absolute Gasteiger partial charge is 0.385 e. The highest BCUT2D eigenvalue weighted by molar-refractivity contribution is 5.89. The number of benzene rings is 1. The smallest absolute Gasteiger partial charge is 0.139 e. The van der Waals surface area contributed by atoms with Gasteiger partial charge in [-0.3, -0.25) is 4.79 Å². The Bertz CT molecular complexity index is 732. The predicted octanol–water partition coefficient (Wildman–Crippen LogP) is 4.94. The van der Waals surface area contributed by atoms with Crippen LogP contribution in [0.1, 0.15) is 59.4 Å². The molecule has 0 aliphatic heterocycles. The second-order valence-electron chi connectivity index (χ2n) is 7.78. The van der Waals surface area contributed by atoms with Gasteiger partial charge >= 0.3 is 0 Å². The number of aliphatic hydroxyl groups is 1. The summed E-state index contributed by atoms with van der Waals surface area (Å²) in [5, 5.41) is 11.3. The van der Waals surface area contributed by atoms with E-state index in [4.69, 9.17) is 0 Å². The summed E-state index contributed by atoms with van der Waals surface area (Å²) in [5.74, 6) is 0.316. The van der Waals surface area contributed by atoms with Gasteiger partial charge in [-0.2, -0.15) is 0 Å². The molecule has 1 N–H and O–H groups in total. The van der Waals surface area contributed by atoms with E-state index in [-0.39, 0.29) is 11.7 Å². The Hall–Kier alpha value is -1.67. The Kier molecular flexibility index (Phi) is 4.08. The number of Topliss-reactive ketones (excluding diaryl/α,β-unsaturated/α-hetero) is 1. The molecule has 3 rings (SSSR count). The standard InChI is InChI=1S/C22H28O2/c1-6-17(16-10-8-7-9-11-16)18-12-22(15(4)23)13-19(18)20(14(2)3)21(22,5)24/h7-11,19,24H,6,12-13H2,1-5H3/b18-17+/t19-,21+,22-/m1/s1. The van der Waals surface area contributed by atoms with Crippen molar-refractivity contribution >= 4 is 11.4 Å². The van der Waals surface area contributed by atoms with E-state index in [0.29, 0.717) is 6.42 Å². The second kappa shape index (κ2) is 5.70. The Labute approximate surface area is 145 Å². The number of carbonyl (C=O) groups excluding carboxylic acids is 1. The first-order chi connectivity index (χ1) is 11.3. The zero-order chi connectivity index (χ0) is 17.7. The Morgan fingerprint density at radius 1 is 1.21 bits per heavy atom. The van der Waals surface area contributed by atoms with E-state index in [9.17, 15) is 9.90 Å². The van der Waals surface area contributed by atoms with Crippen molar-refractivity contribution in [1.29, 1.82) is 0 Å². The van der Waals surface area contributed by atoms with E-state index < -0.39 is 11.0 Å². The van der Waals surface area contributed by atoms with Crippen LogP contribution in [0, 0.1) is 11.3 Å². The molecule has 2 aliphatic carbocycles. The number of fused-ring (bicyclic) bond motifs is 2. The van der Waals surface area contributed by atoms with Gasteiger partial charge in [-0.15, -0.1) is 0 Å². The number of ketones is 1. The third-order valence-electron chi connectivity index (χ3n) is 6.35. The van der Waals surface area contributed by atoms with Crippen LogP contribution >= 0.6 is 0 Å². The van der Waals surface area contributed by atoms with Gasteiger partial charge in [0.1, 0.15) is 5.78 Å². The Morgan fingerprint density at radius 2 is 1.83 bits per heavy atom. The van der Waals surface area contributed by atoms with Crippen molar-refractivity contribution in [2.75, 3.05) is 0 Å². The lowest BCUT2D eigenvalue weighted by Gasteiger charge is -2.42. The molecule has 2 aliphatic rings. The van der Waals surface area contributed by atoms with Crippen molar-refractivity contribution in [2.24, 2.45) is 11.3 Å². The van der Waals surface area contributed by atoms with Gasteiger partial charge in [-0.25, -0.2) is 0 Å². The van der Waals surface area contributed by atoms with E-state index >= 15 is 0 Å². The summed E-state index contributed by atoms with van der Waals surface area (Å²) in [7, 11) is 0. The Morgan fingerprint density at radius 3 is 2.29 bits per heavy atom. The van der Waals surface area contributed by atoms with E-state index in [1.807, 2.05) is 13.0 Å². The summed E-state index contributed by atoms with van der Waals surface area (Å²) in [6.45, 7) is 9.80. The molecule has 24 heavy (non-hydrogen) atoms. The molecule has 3 atom stereocenters. The molecule has 0 radical (unpaired) electrons. The van der Waals surface area contributed by atoms with Crippen LogP contribution in [0.5, 0.6) is 0 Å². The highest BCUT2D eigenvalue weighted by Crippen LogP contribution is 2.66. The predicted molar refractivity (Wildman–Crippen MR) is 98.5 cm³/mol. The summed E-state index contributed by atoms with van der Waals surface area (Å²) in [6.07, 6.45) is 2.39. The van der Waals surface area contributed by atoms with Crippen LogP contribution < -0.4 is 0 Å². The topological polar surface area (TPSA) is 37.3 Å². The van der Waals surface area contributed by atoms with Crippen molar-refractivity contribution in [2.45, 2.75) is 59.5 Å². The Balaban J connectivity index is 2.23. The maximum Gasteiger partial charge on any atom is 0.139 e. The fourth-order valence-corrected chi connectivity index (χ4v) is 5.26. The van der Waals surface area contributed by atoms with Gasteiger partial charge < -0.3 is 5.11 Å². The number of allylic oxidation sites excluding steroid dienone is 3. The van der Waals surface area contributed by atoms with Crippen LogP contribution in [0.25, 0.3) is 5.57 Å². The molecule has 2 saturated carbocycles. The molecule has 2 bridgehead atoms. The first-order valence-electron chi connectivity index (χ1n) is 8.95. The third kappa shape index (κ3) is 2.16. The first-order valence-corrected chi connectivity index (χ1v) is 8.95. The van der Waals surface area contributed by atoms with Crippen molar-refractivity contribution in [3.8, 4) is 0 Å². The van der Waals surface area contributed by atoms with Gasteiger partial charge in [-0.1, -0.05) is 48.4 Å². The zero-order valence-electron chi connectivity index (χ0n) is 15.4. The SMILES string of the molecule is CC/C(=C1/C[C@]2(C(C)=O)C[C@H]1C(=C(C)C)[C@]2(C)O)c1ccccc1. The van der Waals surface area contributed by atoms with Crippen LogP contribution in [0.4, 0.5) is 0 Å². The molecule has 0 amide bonds. The quantitative estimate of drug-likeness (QED) is 0.800. The summed E-state index contributed by atoms with van der Waals surface area (Å²) in [5.41, 5.74) is 4.49. The van der Waals surface area contributed by atoms with Gasteiger partial charge in [0, 0.05) is 5.92 Å². The molecule has 0 heterocycles. The monoisotopic (exact) mass is 324 g/mol. The number of carbonyl (C=O) groups is 1. The molecule has 2 fully saturated rings. The molecule has 2 nitrogen and oxygen atoms in total. The van der Waals surface area contributed by atoms with Gasteiger partial charge in [-0.05, 0) is 63.7 Å². The van der Waals surface area contributed by atoms with Crippen LogP contribution in [0.2, 0.25) is 0 Å². The lowest BCUT2D eigenvalue weighted by atomic mass is 9.65. The van der Waals surface area contributed by atoms with Gasteiger partial charge in [0.25, 0.3) is 0 Å². The van der Waals surface area contributed by atoms with Gasteiger partial charge in [0.05, 0.1) is 11.0 Å². The zero-order valence-corrected chi connectivity index (χ0v) is 15.4. The van der Waals surface area contributed by atoms with Crippen LogP contribution in [-0.2, 0) is 4.79 Å².